The predicted molar refractivity (Wildman–Crippen MR) is 104 cm³/mol. The Bertz CT molecular complexity index is 538. The topological polar surface area (TPSA) is 39.7 Å². The zero-order valence-corrected chi connectivity index (χ0v) is 17.4. The van der Waals surface area contributed by atoms with Crippen LogP contribution in [0, 0.1) is 5.41 Å². The molecule has 0 radical (unpaired) electrons. The van der Waals surface area contributed by atoms with E-state index in [0.29, 0.717) is 6.54 Å². The van der Waals surface area contributed by atoms with E-state index in [1.807, 2.05) is 18.2 Å². The van der Waals surface area contributed by atoms with Gasteiger partial charge < -0.3 is 19.2 Å². The van der Waals surface area contributed by atoms with Crippen LogP contribution in [0.25, 0.3) is 0 Å². The third-order valence-electron chi connectivity index (χ3n) is 3.73. The molecule has 1 N–H and O–H groups in total. The molecule has 4 nitrogen and oxygen atoms in total. The first-order chi connectivity index (χ1) is 11.2. The van der Waals surface area contributed by atoms with Gasteiger partial charge in [0.25, 0.3) is 0 Å². The molecule has 0 amide bonds. The number of hydrogen-bond donors (Lipinski definition) is 1. The Morgan fingerprint density at radius 3 is 2.38 bits per heavy atom. The highest BCUT2D eigenvalue weighted by Crippen LogP contribution is 2.28. The van der Waals surface area contributed by atoms with Gasteiger partial charge in [0.05, 0.1) is 20.3 Å². The molecule has 1 aromatic rings. The first-order valence-corrected chi connectivity index (χ1v) is 11.2. The zero-order valence-electron chi connectivity index (χ0n) is 16.2. The lowest BCUT2D eigenvalue weighted by molar-refractivity contribution is 0.116. The lowest BCUT2D eigenvalue weighted by Gasteiger charge is -2.34. The maximum Gasteiger partial charge on any atom is 0.171 e. The molecule has 0 spiro atoms. The van der Waals surface area contributed by atoms with Crippen LogP contribution in [-0.2, 0) is 11.0 Å². The molecule has 0 saturated carbocycles. The van der Waals surface area contributed by atoms with E-state index >= 15 is 0 Å². The molecule has 0 fully saturated rings. The molecular formula is C19H33NO3Si. The minimum atomic E-state index is -1.12. The molecule has 136 valence electrons. The maximum atomic E-state index is 6.21. The molecule has 0 aromatic heterocycles. The fourth-order valence-corrected chi connectivity index (χ4v) is 3.78. The van der Waals surface area contributed by atoms with Gasteiger partial charge in [-0.05, 0) is 30.1 Å². The Hall–Kier alpha value is -1.30. The summed E-state index contributed by atoms with van der Waals surface area (Å²) in [5.74, 6) is 1.62. The fourth-order valence-electron chi connectivity index (χ4n) is 2.63. The van der Waals surface area contributed by atoms with Gasteiger partial charge in [-0.15, -0.1) is 0 Å². The van der Waals surface area contributed by atoms with Crippen LogP contribution >= 0.6 is 0 Å². The van der Waals surface area contributed by atoms with Crippen LogP contribution in [-0.4, -0.2) is 35.9 Å². The van der Waals surface area contributed by atoms with Crippen LogP contribution in [0.15, 0.2) is 30.4 Å². The number of hydrogen-bond acceptors (Lipinski definition) is 4. The molecule has 1 rings (SSSR count). The summed E-state index contributed by atoms with van der Waals surface area (Å²) in [6.07, 6.45) is 0.0782. The van der Waals surface area contributed by atoms with Gasteiger partial charge in [0, 0.05) is 24.7 Å². The minimum Gasteiger partial charge on any atom is -0.497 e. The first kappa shape index (κ1) is 20.7. The average Bonchev–Trinajstić information content (AvgIpc) is 2.51. The summed E-state index contributed by atoms with van der Waals surface area (Å²) in [6, 6.07) is 5.86. The van der Waals surface area contributed by atoms with Gasteiger partial charge in [-0.2, -0.15) is 0 Å². The average molecular weight is 352 g/mol. The van der Waals surface area contributed by atoms with Crippen LogP contribution in [0.1, 0.15) is 26.3 Å². The SMILES string of the molecule is C=C(CNCc1ccc(OC)cc1OC)C(O[SiH](C)C)C(C)(C)C. The summed E-state index contributed by atoms with van der Waals surface area (Å²) < 4.78 is 16.9. The molecule has 0 aliphatic heterocycles. The Morgan fingerprint density at radius 2 is 1.88 bits per heavy atom. The van der Waals surface area contributed by atoms with Crippen LogP contribution in [0.4, 0.5) is 0 Å². The van der Waals surface area contributed by atoms with Gasteiger partial charge in [-0.3, -0.25) is 0 Å². The molecule has 0 heterocycles. The Balaban J connectivity index is 2.67. The summed E-state index contributed by atoms with van der Waals surface area (Å²) in [6.45, 7) is 16.7. The molecule has 0 saturated heterocycles. The van der Waals surface area contributed by atoms with Crippen LogP contribution in [0.5, 0.6) is 11.5 Å². The second-order valence-corrected chi connectivity index (χ2v) is 9.74. The van der Waals surface area contributed by atoms with Gasteiger partial charge in [0.15, 0.2) is 9.04 Å². The Kier molecular flexibility index (Phi) is 7.99. The van der Waals surface area contributed by atoms with Gasteiger partial charge in [0.1, 0.15) is 11.5 Å². The molecule has 5 heteroatoms. The number of ether oxygens (including phenoxy) is 2. The van der Waals surface area contributed by atoms with E-state index in [0.717, 1.165) is 29.2 Å². The van der Waals surface area contributed by atoms with E-state index < -0.39 is 9.04 Å². The monoisotopic (exact) mass is 351 g/mol. The molecule has 0 aliphatic carbocycles. The van der Waals surface area contributed by atoms with Gasteiger partial charge in [-0.1, -0.05) is 33.4 Å². The lowest BCUT2D eigenvalue weighted by atomic mass is 9.85. The predicted octanol–water partition coefficient (Wildman–Crippen LogP) is 3.76. The summed E-state index contributed by atoms with van der Waals surface area (Å²) in [4.78, 5) is 0. The van der Waals surface area contributed by atoms with Crippen LogP contribution in [0.2, 0.25) is 13.1 Å². The second kappa shape index (κ2) is 9.25. The van der Waals surface area contributed by atoms with E-state index in [1.165, 1.54) is 0 Å². The first-order valence-electron chi connectivity index (χ1n) is 8.43. The van der Waals surface area contributed by atoms with Crippen molar-refractivity contribution in [3.63, 3.8) is 0 Å². The molecule has 24 heavy (non-hydrogen) atoms. The summed E-state index contributed by atoms with van der Waals surface area (Å²) in [5.41, 5.74) is 2.24. The van der Waals surface area contributed by atoms with Crippen LogP contribution in [0.3, 0.4) is 0 Å². The van der Waals surface area contributed by atoms with E-state index in [-0.39, 0.29) is 11.5 Å². The lowest BCUT2D eigenvalue weighted by Crippen LogP contribution is -2.37. The molecule has 0 bridgehead atoms. The summed E-state index contributed by atoms with van der Waals surface area (Å²) >= 11 is 0. The molecule has 0 aliphatic rings. The highest BCUT2D eigenvalue weighted by Gasteiger charge is 2.28. The fraction of sp³-hybridized carbons (Fsp3) is 0.579. The molecular weight excluding hydrogens is 318 g/mol. The smallest absolute Gasteiger partial charge is 0.171 e. The maximum absolute atomic E-state index is 6.21. The molecule has 1 atom stereocenters. The molecule has 1 aromatic carbocycles. The third-order valence-corrected chi connectivity index (χ3v) is 4.54. The number of nitrogens with one attached hydrogen (secondary N) is 1. The third kappa shape index (κ3) is 6.30. The largest absolute Gasteiger partial charge is 0.497 e. The van der Waals surface area contributed by atoms with Crippen molar-refractivity contribution in [3.8, 4) is 11.5 Å². The van der Waals surface area contributed by atoms with Crippen LogP contribution < -0.4 is 14.8 Å². The summed E-state index contributed by atoms with van der Waals surface area (Å²) in [5, 5.41) is 3.45. The van der Waals surface area contributed by atoms with Crippen molar-refractivity contribution in [1.29, 1.82) is 0 Å². The number of benzene rings is 1. The van der Waals surface area contributed by atoms with E-state index in [4.69, 9.17) is 13.9 Å². The van der Waals surface area contributed by atoms with Gasteiger partial charge in [-0.25, -0.2) is 0 Å². The van der Waals surface area contributed by atoms with E-state index in [2.05, 4.69) is 45.8 Å². The standard InChI is InChI=1S/C19H33NO3Si/c1-14(18(19(2,3)4)23-24(7)8)12-20-13-15-9-10-16(21-5)11-17(15)22-6/h9-11,18,20,24H,1,12-13H2,2-8H3. The van der Waals surface area contributed by atoms with Crippen molar-refractivity contribution in [3.05, 3.63) is 35.9 Å². The zero-order chi connectivity index (χ0) is 18.3. The van der Waals surface area contributed by atoms with E-state index in [9.17, 15) is 0 Å². The minimum absolute atomic E-state index is 0.0494. The van der Waals surface area contributed by atoms with Crippen molar-refractivity contribution in [1.82, 2.24) is 5.32 Å². The molecule has 1 unspecified atom stereocenters. The Morgan fingerprint density at radius 1 is 1.21 bits per heavy atom. The van der Waals surface area contributed by atoms with Crippen molar-refractivity contribution in [2.75, 3.05) is 20.8 Å². The van der Waals surface area contributed by atoms with Crippen molar-refractivity contribution < 1.29 is 13.9 Å². The Labute approximate surface area is 148 Å². The van der Waals surface area contributed by atoms with Crippen molar-refractivity contribution >= 4 is 9.04 Å². The highest BCUT2D eigenvalue weighted by atomic mass is 28.3. The normalized spacial score (nSPS) is 13.0. The second-order valence-electron chi connectivity index (χ2n) is 7.37. The van der Waals surface area contributed by atoms with E-state index in [1.54, 1.807) is 14.2 Å². The quantitative estimate of drug-likeness (QED) is 0.543. The van der Waals surface area contributed by atoms with Crippen molar-refractivity contribution in [2.24, 2.45) is 5.41 Å². The number of methoxy groups -OCH3 is 2. The summed E-state index contributed by atoms with van der Waals surface area (Å²) in [7, 11) is 2.21. The van der Waals surface area contributed by atoms with Gasteiger partial charge in [0.2, 0.25) is 0 Å². The highest BCUT2D eigenvalue weighted by molar-refractivity contribution is 6.48. The van der Waals surface area contributed by atoms with Crippen molar-refractivity contribution in [2.45, 2.75) is 46.5 Å². The number of rotatable bonds is 9. The van der Waals surface area contributed by atoms with Gasteiger partial charge >= 0.3 is 0 Å².